The maximum absolute atomic E-state index is 12.7. The molecule has 0 spiro atoms. The van der Waals surface area contributed by atoms with Gasteiger partial charge in [0.05, 0.1) is 0 Å². The van der Waals surface area contributed by atoms with Crippen LogP contribution in [0.15, 0.2) is 30.3 Å². The molecule has 0 radical (unpaired) electrons. The number of hydrogen-bond donors (Lipinski definition) is 2. The quantitative estimate of drug-likeness (QED) is 0.848. The molecule has 120 valence electrons. The monoisotopic (exact) mass is 303 g/mol. The van der Waals surface area contributed by atoms with Gasteiger partial charge in [0.2, 0.25) is 5.91 Å². The molecule has 1 fully saturated rings. The second kappa shape index (κ2) is 7.43. The molecule has 22 heavy (non-hydrogen) atoms. The van der Waals surface area contributed by atoms with Crippen LogP contribution in [-0.4, -0.2) is 23.0 Å². The summed E-state index contributed by atoms with van der Waals surface area (Å²) in [6.45, 7) is 2.03. The molecule has 1 amide bonds. The lowest BCUT2D eigenvalue weighted by atomic mass is 9.71. The van der Waals surface area contributed by atoms with Crippen molar-refractivity contribution in [2.24, 2.45) is 5.41 Å². The van der Waals surface area contributed by atoms with Gasteiger partial charge < -0.3 is 10.4 Å². The number of nitrogens with one attached hydrogen (secondary N) is 1. The molecule has 1 saturated carbocycles. The molecule has 2 rings (SSSR count). The third kappa shape index (κ3) is 3.87. The van der Waals surface area contributed by atoms with Crippen LogP contribution in [0.5, 0.6) is 0 Å². The highest BCUT2D eigenvalue weighted by molar-refractivity contribution is 5.87. The van der Waals surface area contributed by atoms with Crippen LogP contribution < -0.4 is 5.32 Å². The van der Waals surface area contributed by atoms with Crippen molar-refractivity contribution in [2.45, 2.75) is 57.9 Å². The highest BCUT2D eigenvalue weighted by Gasteiger charge is 2.39. The first-order valence-corrected chi connectivity index (χ1v) is 8.15. The van der Waals surface area contributed by atoms with Crippen molar-refractivity contribution in [1.29, 1.82) is 0 Å². The van der Waals surface area contributed by atoms with Gasteiger partial charge in [-0.05, 0) is 24.8 Å². The Kier molecular flexibility index (Phi) is 5.58. The lowest BCUT2D eigenvalue weighted by Crippen LogP contribution is -2.50. The van der Waals surface area contributed by atoms with Gasteiger partial charge in [0, 0.05) is 11.8 Å². The summed E-state index contributed by atoms with van der Waals surface area (Å²) in [5, 5.41) is 12.2. The van der Waals surface area contributed by atoms with Crippen molar-refractivity contribution in [3.63, 3.8) is 0 Å². The minimum atomic E-state index is -0.973. The second-order valence-electron chi connectivity index (χ2n) is 6.25. The van der Waals surface area contributed by atoms with Gasteiger partial charge in [0.15, 0.2) is 0 Å². The highest BCUT2D eigenvalue weighted by atomic mass is 16.4. The smallest absolute Gasteiger partial charge is 0.326 e. The summed E-state index contributed by atoms with van der Waals surface area (Å²) in [5.74, 6) is -1.06. The summed E-state index contributed by atoms with van der Waals surface area (Å²) in [4.78, 5) is 24.2. The number of hydrogen-bond acceptors (Lipinski definition) is 2. The average molecular weight is 303 g/mol. The predicted octanol–water partition coefficient (Wildman–Crippen LogP) is 3.16. The zero-order chi connectivity index (χ0) is 16.0. The van der Waals surface area contributed by atoms with E-state index >= 15 is 0 Å². The molecule has 0 bridgehead atoms. The number of carboxylic acids is 1. The van der Waals surface area contributed by atoms with Crippen LogP contribution in [0.2, 0.25) is 0 Å². The van der Waals surface area contributed by atoms with E-state index in [2.05, 4.69) is 5.32 Å². The zero-order valence-corrected chi connectivity index (χ0v) is 13.2. The van der Waals surface area contributed by atoms with E-state index in [0.717, 1.165) is 37.7 Å². The molecule has 1 aliphatic rings. The fraction of sp³-hybridized carbons (Fsp3) is 0.556. The van der Waals surface area contributed by atoms with Crippen LogP contribution in [0, 0.1) is 5.41 Å². The van der Waals surface area contributed by atoms with Gasteiger partial charge in [-0.2, -0.15) is 0 Å². The van der Waals surface area contributed by atoms with E-state index in [0.29, 0.717) is 6.42 Å². The van der Waals surface area contributed by atoms with Crippen molar-refractivity contribution in [2.75, 3.05) is 0 Å². The first-order valence-electron chi connectivity index (χ1n) is 8.15. The van der Waals surface area contributed by atoms with Gasteiger partial charge in [0.1, 0.15) is 6.04 Å². The summed E-state index contributed by atoms with van der Waals surface area (Å²) in [6.07, 6.45) is 6.11. The van der Waals surface area contributed by atoms with E-state index in [-0.39, 0.29) is 11.3 Å². The summed E-state index contributed by atoms with van der Waals surface area (Å²) in [6, 6.07) is 8.57. The lowest BCUT2D eigenvalue weighted by molar-refractivity contribution is -0.144. The number of aliphatic carboxylic acids is 1. The Hall–Kier alpha value is -1.84. The van der Waals surface area contributed by atoms with Crippen molar-refractivity contribution in [1.82, 2.24) is 5.32 Å². The summed E-state index contributed by atoms with van der Waals surface area (Å²) < 4.78 is 0. The van der Waals surface area contributed by atoms with Gasteiger partial charge >= 0.3 is 5.97 Å². The minimum Gasteiger partial charge on any atom is -0.480 e. The predicted molar refractivity (Wildman–Crippen MR) is 85.5 cm³/mol. The molecule has 1 unspecified atom stereocenters. The van der Waals surface area contributed by atoms with Gasteiger partial charge in [-0.15, -0.1) is 0 Å². The summed E-state index contributed by atoms with van der Waals surface area (Å²) in [5.41, 5.74) is 0.548. The summed E-state index contributed by atoms with van der Waals surface area (Å²) >= 11 is 0. The normalized spacial score (nSPS) is 18.4. The van der Waals surface area contributed by atoms with Crippen LogP contribution in [0.4, 0.5) is 0 Å². The molecule has 0 aromatic heterocycles. The first kappa shape index (κ1) is 16.5. The Bertz CT molecular complexity index is 506. The van der Waals surface area contributed by atoms with Crippen molar-refractivity contribution < 1.29 is 14.7 Å². The Labute approximate surface area is 131 Å². The number of carboxylic acid groups (broad SMARTS) is 1. The SMILES string of the molecule is CCC1(C(=O)NC(Cc2ccccc2)C(=O)O)CCCCC1. The van der Waals surface area contributed by atoms with E-state index in [9.17, 15) is 14.7 Å². The average Bonchev–Trinajstić information content (AvgIpc) is 2.55. The molecule has 1 atom stereocenters. The number of amides is 1. The third-order valence-electron chi connectivity index (χ3n) is 4.86. The van der Waals surface area contributed by atoms with Gasteiger partial charge in [-0.1, -0.05) is 56.5 Å². The Balaban J connectivity index is 2.06. The maximum atomic E-state index is 12.7. The number of carbonyl (C=O) groups excluding carboxylic acids is 1. The fourth-order valence-corrected chi connectivity index (χ4v) is 3.33. The lowest BCUT2D eigenvalue weighted by Gasteiger charge is -2.35. The maximum Gasteiger partial charge on any atom is 0.326 e. The van der Waals surface area contributed by atoms with E-state index in [1.807, 2.05) is 37.3 Å². The number of carbonyl (C=O) groups is 2. The Morgan fingerprint density at radius 3 is 2.36 bits per heavy atom. The van der Waals surface area contributed by atoms with Crippen LogP contribution >= 0.6 is 0 Å². The Morgan fingerprint density at radius 2 is 1.82 bits per heavy atom. The largest absolute Gasteiger partial charge is 0.480 e. The van der Waals surface area contributed by atoms with E-state index in [1.165, 1.54) is 6.42 Å². The highest BCUT2D eigenvalue weighted by Crippen LogP contribution is 2.39. The zero-order valence-electron chi connectivity index (χ0n) is 13.2. The van der Waals surface area contributed by atoms with E-state index in [1.54, 1.807) is 0 Å². The summed E-state index contributed by atoms with van der Waals surface area (Å²) in [7, 11) is 0. The standard InChI is InChI=1S/C18H25NO3/c1-2-18(11-7-4-8-12-18)17(22)19-15(16(20)21)13-14-9-5-3-6-10-14/h3,5-6,9-10,15H,2,4,7-8,11-13H2,1H3,(H,19,22)(H,20,21). The molecule has 1 aliphatic carbocycles. The van der Waals surface area contributed by atoms with Crippen LogP contribution in [0.1, 0.15) is 51.0 Å². The minimum absolute atomic E-state index is 0.0852. The van der Waals surface area contributed by atoms with Gasteiger partial charge in [0.25, 0.3) is 0 Å². The van der Waals surface area contributed by atoms with Gasteiger partial charge in [-0.25, -0.2) is 4.79 Å². The molecule has 0 aliphatic heterocycles. The molecule has 4 heteroatoms. The van der Waals surface area contributed by atoms with Gasteiger partial charge in [-0.3, -0.25) is 4.79 Å². The second-order valence-corrected chi connectivity index (χ2v) is 6.25. The number of rotatable bonds is 6. The van der Waals surface area contributed by atoms with Crippen molar-refractivity contribution >= 4 is 11.9 Å². The molecular formula is C18H25NO3. The Morgan fingerprint density at radius 1 is 1.18 bits per heavy atom. The topological polar surface area (TPSA) is 66.4 Å². The van der Waals surface area contributed by atoms with Crippen molar-refractivity contribution in [3.8, 4) is 0 Å². The van der Waals surface area contributed by atoms with Crippen LogP contribution in [-0.2, 0) is 16.0 Å². The molecule has 1 aromatic rings. The molecule has 4 nitrogen and oxygen atoms in total. The molecular weight excluding hydrogens is 278 g/mol. The van der Waals surface area contributed by atoms with E-state index < -0.39 is 12.0 Å². The van der Waals surface area contributed by atoms with Crippen molar-refractivity contribution in [3.05, 3.63) is 35.9 Å². The fourth-order valence-electron chi connectivity index (χ4n) is 3.33. The molecule has 2 N–H and O–H groups in total. The third-order valence-corrected chi connectivity index (χ3v) is 4.86. The molecule has 1 aromatic carbocycles. The van der Waals surface area contributed by atoms with Crippen LogP contribution in [0.3, 0.4) is 0 Å². The molecule has 0 saturated heterocycles. The molecule has 0 heterocycles. The number of benzene rings is 1. The first-order chi connectivity index (χ1) is 10.6. The van der Waals surface area contributed by atoms with Crippen LogP contribution in [0.25, 0.3) is 0 Å². The van der Waals surface area contributed by atoms with E-state index in [4.69, 9.17) is 0 Å².